The summed E-state index contributed by atoms with van der Waals surface area (Å²) in [6, 6.07) is 2.30. The molecule has 0 bridgehead atoms. The van der Waals surface area contributed by atoms with Crippen molar-refractivity contribution in [3.8, 4) is 0 Å². The van der Waals surface area contributed by atoms with E-state index in [0.717, 1.165) is 43.1 Å². The zero-order valence-corrected chi connectivity index (χ0v) is 14.5. The van der Waals surface area contributed by atoms with Gasteiger partial charge in [0.15, 0.2) is 0 Å². The molecule has 0 radical (unpaired) electrons. The van der Waals surface area contributed by atoms with Gasteiger partial charge in [-0.15, -0.1) is 0 Å². The maximum absolute atomic E-state index is 13.1. The monoisotopic (exact) mass is 327 g/mol. The van der Waals surface area contributed by atoms with Crippen LogP contribution < -0.4 is 0 Å². The summed E-state index contributed by atoms with van der Waals surface area (Å²) in [6.07, 6.45) is 8.02. The number of aryl methyl sites for hydroxylation is 1. The Labute approximate surface area is 142 Å². The van der Waals surface area contributed by atoms with Gasteiger partial charge in [-0.1, -0.05) is 0 Å². The van der Waals surface area contributed by atoms with Crippen LogP contribution in [0.5, 0.6) is 0 Å². The Hall–Kier alpha value is -2.11. The van der Waals surface area contributed by atoms with E-state index < -0.39 is 0 Å². The average Bonchev–Trinajstić information content (AvgIpc) is 3.16. The van der Waals surface area contributed by atoms with Crippen LogP contribution >= 0.6 is 0 Å². The lowest BCUT2D eigenvalue weighted by molar-refractivity contribution is 0.0672. The van der Waals surface area contributed by atoms with Gasteiger partial charge in [0.25, 0.3) is 5.91 Å². The van der Waals surface area contributed by atoms with Gasteiger partial charge in [-0.2, -0.15) is 5.10 Å². The van der Waals surface area contributed by atoms with Gasteiger partial charge in [-0.05, 0) is 51.5 Å². The molecule has 1 amide bonds. The van der Waals surface area contributed by atoms with Crippen molar-refractivity contribution in [2.45, 2.75) is 52.1 Å². The summed E-state index contributed by atoms with van der Waals surface area (Å²) in [5.74, 6) is 0.972. The van der Waals surface area contributed by atoms with E-state index in [2.05, 4.69) is 34.6 Å². The van der Waals surface area contributed by atoms with Gasteiger partial charge in [0.1, 0.15) is 12.7 Å². The fraction of sp³-hybridized carbons (Fsp3) is 0.611. The lowest BCUT2D eigenvalue weighted by Gasteiger charge is -2.32. The largest absolute Gasteiger partial charge is 0.348 e. The van der Waals surface area contributed by atoms with Crippen LogP contribution in [0.15, 0.2) is 18.7 Å². The van der Waals surface area contributed by atoms with Crippen molar-refractivity contribution in [2.75, 3.05) is 13.1 Å². The Morgan fingerprint density at radius 2 is 2.12 bits per heavy atom. The molecule has 2 fully saturated rings. The minimum absolute atomic E-state index is 0.162. The lowest BCUT2D eigenvalue weighted by Crippen LogP contribution is -2.41. The molecule has 0 spiro atoms. The summed E-state index contributed by atoms with van der Waals surface area (Å²) < 4.78 is 4.21. The van der Waals surface area contributed by atoms with E-state index in [1.54, 1.807) is 12.7 Å². The average molecular weight is 327 g/mol. The molecule has 0 aromatic carbocycles. The number of aromatic nitrogens is 4. The number of nitrogens with zero attached hydrogens (tertiary/aromatic N) is 5. The molecule has 2 aliphatic rings. The van der Waals surface area contributed by atoms with Crippen LogP contribution in [0.25, 0.3) is 0 Å². The van der Waals surface area contributed by atoms with Crippen LogP contribution in [0.1, 0.15) is 53.5 Å². The molecule has 0 N–H and O–H groups in total. The van der Waals surface area contributed by atoms with Gasteiger partial charge in [-0.3, -0.25) is 4.79 Å². The molecule has 4 rings (SSSR count). The smallest absolute Gasteiger partial charge is 0.255 e. The summed E-state index contributed by atoms with van der Waals surface area (Å²) in [5, 5.41) is 4.25. The maximum Gasteiger partial charge on any atom is 0.255 e. The standard InChI is InChI=1S/C18H25N5O/c1-13-8-17(14(2)22(13)9-15-5-6-15)18(24)21-7-3-4-16(10-21)23-12-19-11-20-23/h8,11-12,15-16H,3-7,9-10H2,1-2H3/t16-/m0/s1. The number of amides is 1. The summed E-state index contributed by atoms with van der Waals surface area (Å²) in [6.45, 7) is 6.80. The first-order valence-electron chi connectivity index (χ1n) is 8.93. The van der Waals surface area contributed by atoms with Gasteiger partial charge in [0, 0.05) is 31.0 Å². The van der Waals surface area contributed by atoms with E-state index in [1.807, 2.05) is 9.58 Å². The molecule has 6 nitrogen and oxygen atoms in total. The number of carbonyl (C=O) groups is 1. The van der Waals surface area contributed by atoms with Crippen molar-refractivity contribution in [1.82, 2.24) is 24.2 Å². The second kappa shape index (κ2) is 6.07. The third-order valence-corrected chi connectivity index (χ3v) is 5.44. The number of rotatable bonds is 4. The van der Waals surface area contributed by atoms with E-state index in [-0.39, 0.29) is 11.9 Å². The predicted molar refractivity (Wildman–Crippen MR) is 90.8 cm³/mol. The Morgan fingerprint density at radius 3 is 2.83 bits per heavy atom. The van der Waals surface area contributed by atoms with Crippen molar-refractivity contribution in [2.24, 2.45) is 5.92 Å². The summed E-state index contributed by atoms with van der Waals surface area (Å²) in [7, 11) is 0. The topological polar surface area (TPSA) is 56.0 Å². The highest BCUT2D eigenvalue weighted by Crippen LogP contribution is 2.32. The van der Waals surface area contributed by atoms with Crippen LogP contribution in [0.3, 0.4) is 0 Å². The number of carbonyl (C=O) groups excluding carboxylic acids is 1. The highest BCUT2D eigenvalue weighted by Gasteiger charge is 2.29. The molecule has 1 aliphatic heterocycles. The molecule has 1 saturated carbocycles. The molecule has 2 aromatic heterocycles. The number of piperidine rings is 1. The maximum atomic E-state index is 13.1. The Kier molecular flexibility index (Phi) is 3.90. The second-order valence-electron chi connectivity index (χ2n) is 7.26. The van der Waals surface area contributed by atoms with Crippen molar-refractivity contribution in [1.29, 1.82) is 0 Å². The van der Waals surface area contributed by atoms with Crippen molar-refractivity contribution in [3.05, 3.63) is 35.7 Å². The summed E-state index contributed by atoms with van der Waals surface area (Å²) in [4.78, 5) is 19.1. The zero-order valence-electron chi connectivity index (χ0n) is 14.5. The van der Waals surface area contributed by atoms with Gasteiger partial charge in [0.05, 0.1) is 11.6 Å². The van der Waals surface area contributed by atoms with Gasteiger partial charge < -0.3 is 9.47 Å². The minimum Gasteiger partial charge on any atom is -0.348 e. The predicted octanol–water partition coefficient (Wildman–Crippen LogP) is 2.58. The molecule has 2 aromatic rings. The molecule has 24 heavy (non-hydrogen) atoms. The third kappa shape index (κ3) is 2.85. The van der Waals surface area contributed by atoms with Crippen molar-refractivity contribution in [3.63, 3.8) is 0 Å². The van der Waals surface area contributed by atoms with Gasteiger partial charge in [-0.25, -0.2) is 9.67 Å². The van der Waals surface area contributed by atoms with Crippen molar-refractivity contribution < 1.29 is 4.79 Å². The van der Waals surface area contributed by atoms with Crippen LogP contribution in [0, 0.1) is 19.8 Å². The second-order valence-corrected chi connectivity index (χ2v) is 7.26. The molecule has 128 valence electrons. The first-order chi connectivity index (χ1) is 11.6. The molecule has 1 atom stereocenters. The number of likely N-dealkylation sites (tertiary alicyclic amines) is 1. The zero-order chi connectivity index (χ0) is 16.7. The highest BCUT2D eigenvalue weighted by atomic mass is 16.2. The summed E-state index contributed by atoms with van der Waals surface area (Å²) in [5.41, 5.74) is 3.19. The highest BCUT2D eigenvalue weighted by molar-refractivity contribution is 5.95. The fourth-order valence-corrected chi connectivity index (χ4v) is 3.79. The Morgan fingerprint density at radius 1 is 1.29 bits per heavy atom. The molecular formula is C18H25N5O. The molecule has 3 heterocycles. The number of hydrogen-bond donors (Lipinski definition) is 0. The lowest BCUT2D eigenvalue weighted by atomic mass is 10.0. The van der Waals surface area contributed by atoms with Gasteiger partial charge in [0.2, 0.25) is 0 Å². The van der Waals surface area contributed by atoms with Crippen LogP contribution in [0.2, 0.25) is 0 Å². The Bertz CT molecular complexity index is 729. The van der Waals surface area contributed by atoms with Gasteiger partial charge >= 0.3 is 0 Å². The molecular weight excluding hydrogens is 302 g/mol. The van der Waals surface area contributed by atoms with Crippen LogP contribution in [-0.4, -0.2) is 43.2 Å². The third-order valence-electron chi connectivity index (χ3n) is 5.44. The van der Waals surface area contributed by atoms with E-state index >= 15 is 0 Å². The Balaban J connectivity index is 1.52. The normalized spacial score (nSPS) is 21.2. The van der Waals surface area contributed by atoms with E-state index in [0.29, 0.717) is 6.54 Å². The van der Waals surface area contributed by atoms with E-state index in [1.165, 1.54) is 18.5 Å². The fourth-order valence-electron chi connectivity index (χ4n) is 3.79. The van der Waals surface area contributed by atoms with Crippen molar-refractivity contribution >= 4 is 5.91 Å². The van der Waals surface area contributed by atoms with Crippen LogP contribution in [-0.2, 0) is 6.54 Å². The first-order valence-corrected chi connectivity index (χ1v) is 8.93. The quantitative estimate of drug-likeness (QED) is 0.867. The number of hydrogen-bond acceptors (Lipinski definition) is 3. The van der Waals surface area contributed by atoms with Crippen LogP contribution in [0.4, 0.5) is 0 Å². The van der Waals surface area contributed by atoms with E-state index in [4.69, 9.17) is 0 Å². The first kappa shape index (κ1) is 15.4. The SMILES string of the molecule is Cc1cc(C(=O)N2CCC[C@H](n3cncn3)C2)c(C)n1CC1CC1. The van der Waals surface area contributed by atoms with E-state index in [9.17, 15) is 4.79 Å². The minimum atomic E-state index is 0.162. The molecule has 6 heteroatoms. The molecule has 0 unspecified atom stereocenters. The molecule has 1 aliphatic carbocycles. The molecule has 1 saturated heterocycles. The summed E-state index contributed by atoms with van der Waals surface area (Å²) >= 11 is 0.